The predicted octanol–water partition coefficient (Wildman–Crippen LogP) is 1.56. The average molecular weight is 216 g/mol. The van der Waals surface area contributed by atoms with Gasteiger partial charge in [0.25, 0.3) is 0 Å². The fourth-order valence-electron chi connectivity index (χ4n) is 1.57. The van der Waals surface area contributed by atoms with Crippen molar-refractivity contribution in [1.82, 2.24) is 0 Å². The Labute approximate surface area is 94.4 Å². The van der Waals surface area contributed by atoms with Crippen molar-refractivity contribution in [2.24, 2.45) is 0 Å². The molecule has 1 heterocycles. The van der Waals surface area contributed by atoms with Crippen LogP contribution in [0.25, 0.3) is 0 Å². The standard InChI is InChI=1S/C13H12O3/c1-2-15-13(14)8-7-11-9-10-5-3-4-6-12(10)16-11/h3-6,11H,2,9H2,1H3. The van der Waals surface area contributed by atoms with E-state index in [0.29, 0.717) is 6.61 Å². The van der Waals surface area contributed by atoms with Crippen molar-refractivity contribution in [2.45, 2.75) is 19.4 Å². The Balaban J connectivity index is 1.99. The highest BCUT2D eigenvalue weighted by molar-refractivity contribution is 5.88. The van der Waals surface area contributed by atoms with Gasteiger partial charge in [0.15, 0.2) is 6.10 Å². The van der Waals surface area contributed by atoms with Crippen LogP contribution in [-0.2, 0) is 16.0 Å². The Bertz CT molecular complexity index is 429. The van der Waals surface area contributed by atoms with Crippen LogP contribution in [0.3, 0.4) is 0 Å². The minimum atomic E-state index is -0.498. The number of benzene rings is 1. The molecule has 3 heteroatoms. The van der Waals surface area contributed by atoms with Gasteiger partial charge in [0.2, 0.25) is 0 Å². The fraction of sp³-hybridized carbons (Fsp3) is 0.308. The first-order valence-corrected chi connectivity index (χ1v) is 5.22. The smallest absolute Gasteiger partial charge is 0.384 e. The number of ether oxygens (including phenoxy) is 2. The topological polar surface area (TPSA) is 35.5 Å². The molecule has 1 unspecified atom stereocenters. The second-order valence-corrected chi connectivity index (χ2v) is 3.41. The highest BCUT2D eigenvalue weighted by atomic mass is 16.5. The summed E-state index contributed by atoms with van der Waals surface area (Å²) in [7, 11) is 0. The van der Waals surface area contributed by atoms with Gasteiger partial charge in [-0.15, -0.1) is 0 Å². The second kappa shape index (κ2) is 4.71. The van der Waals surface area contributed by atoms with Crippen LogP contribution in [0.4, 0.5) is 0 Å². The monoisotopic (exact) mass is 216 g/mol. The first kappa shape index (κ1) is 10.6. The maximum absolute atomic E-state index is 11.0. The van der Waals surface area contributed by atoms with E-state index < -0.39 is 5.97 Å². The number of fused-ring (bicyclic) bond motifs is 1. The number of hydrogen-bond acceptors (Lipinski definition) is 3. The molecule has 2 rings (SSSR count). The lowest BCUT2D eigenvalue weighted by Crippen LogP contribution is -2.10. The summed E-state index contributed by atoms with van der Waals surface area (Å²) in [6, 6.07) is 7.78. The largest absolute Gasteiger partial charge is 0.477 e. The molecule has 16 heavy (non-hydrogen) atoms. The third-order valence-electron chi connectivity index (χ3n) is 2.26. The van der Waals surface area contributed by atoms with Crippen LogP contribution in [0.1, 0.15) is 12.5 Å². The van der Waals surface area contributed by atoms with E-state index in [9.17, 15) is 4.79 Å². The molecule has 0 radical (unpaired) electrons. The van der Waals surface area contributed by atoms with Crippen LogP contribution in [-0.4, -0.2) is 18.7 Å². The van der Waals surface area contributed by atoms with E-state index in [1.165, 1.54) is 0 Å². The molecule has 3 nitrogen and oxygen atoms in total. The summed E-state index contributed by atoms with van der Waals surface area (Å²) >= 11 is 0. The van der Waals surface area contributed by atoms with Gasteiger partial charge >= 0.3 is 5.97 Å². The van der Waals surface area contributed by atoms with E-state index in [-0.39, 0.29) is 6.10 Å². The third-order valence-corrected chi connectivity index (χ3v) is 2.26. The summed E-state index contributed by atoms with van der Waals surface area (Å²) in [6.45, 7) is 2.10. The number of carbonyl (C=O) groups excluding carboxylic acids is 1. The van der Waals surface area contributed by atoms with Crippen LogP contribution in [0.5, 0.6) is 5.75 Å². The molecule has 0 amide bonds. The summed E-state index contributed by atoms with van der Waals surface area (Å²) in [5, 5.41) is 0. The predicted molar refractivity (Wildman–Crippen MR) is 59.0 cm³/mol. The Kier molecular flexibility index (Phi) is 3.11. The molecule has 1 aromatic carbocycles. The van der Waals surface area contributed by atoms with Gasteiger partial charge in [0.1, 0.15) is 5.75 Å². The van der Waals surface area contributed by atoms with Crippen LogP contribution in [0.2, 0.25) is 0 Å². The molecule has 1 atom stereocenters. The molecular weight excluding hydrogens is 204 g/mol. The molecule has 0 saturated carbocycles. The van der Waals surface area contributed by atoms with Gasteiger partial charge in [-0.05, 0) is 24.5 Å². The van der Waals surface area contributed by atoms with Crippen molar-refractivity contribution in [1.29, 1.82) is 0 Å². The Morgan fingerprint density at radius 2 is 2.38 bits per heavy atom. The van der Waals surface area contributed by atoms with E-state index >= 15 is 0 Å². The van der Waals surface area contributed by atoms with Crippen LogP contribution in [0, 0.1) is 11.8 Å². The normalized spacial score (nSPS) is 16.7. The highest BCUT2D eigenvalue weighted by Gasteiger charge is 2.20. The molecule has 82 valence electrons. The minimum absolute atomic E-state index is 0.234. The SMILES string of the molecule is CCOC(=O)C#CC1Cc2ccccc2O1. The zero-order valence-electron chi connectivity index (χ0n) is 9.03. The Morgan fingerprint density at radius 1 is 1.56 bits per heavy atom. The van der Waals surface area contributed by atoms with Crippen LogP contribution < -0.4 is 4.74 Å². The lowest BCUT2D eigenvalue weighted by molar-refractivity contribution is -0.136. The van der Waals surface area contributed by atoms with E-state index in [1.54, 1.807) is 6.92 Å². The molecule has 1 aliphatic rings. The first-order chi connectivity index (χ1) is 7.79. The van der Waals surface area contributed by atoms with E-state index in [4.69, 9.17) is 9.47 Å². The lowest BCUT2D eigenvalue weighted by atomic mass is 10.1. The third kappa shape index (κ3) is 2.34. The molecular formula is C13H12O3. The number of para-hydroxylation sites is 1. The molecule has 0 spiro atoms. The second-order valence-electron chi connectivity index (χ2n) is 3.41. The van der Waals surface area contributed by atoms with Gasteiger partial charge in [0, 0.05) is 12.3 Å². The number of esters is 1. The van der Waals surface area contributed by atoms with Crippen molar-refractivity contribution in [3.63, 3.8) is 0 Å². The summed E-state index contributed by atoms with van der Waals surface area (Å²) < 4.78 is 10.3. The van der Waals surface area contributed by atoms with Gasteiger partial charge in [-0.25, -0.2) is 4.79 Å². The molecule has 0 saturated heterocycles. The molecule has 0 fully saturated rings. The zero-order valence-corrected chi connectivity index (χ0v) is 9.03. The maximum Gasteiger partial charge on any atom is 0.384 e. The van der Waals surface area contributed by atoms with E-state index in [1.807, 2.05) is 24.3 Å². The number of rotatable bonds is 1. The number of hydrogen-bond donors (Lipinski definition) is 0. The van der Waals surface area contributed by atoms with Crippen LogP contribution in [0.15, 0.2) is 24.3 Å². The lowest BCUT2D eigenvalue weighted by Gasteiger charge is -2.01. The molecule has 1 aromatic rings. The van der Waals surface area contributed by atoms with Gasteiger partial charge in [0.05, 0.1) is 6.61 Å². The summed E-state index contributed by atoms with van der Waals surface area (Å²) in [5.74, 6) is 5.54. The molecule has 0 aromatic heterocycles. The molecule has 0 bridgehead atoms. The van der Waals surface area contributed by atoms with E-state index in [0.717, 1.165) is 17.7 Å². The first-order valence-electron chi connectivity index (χ1n) is 5.22. The quantitative estimate of drug-likeness (QED) is 0.406. The highest BCUT2D eigenvalue weighted by Crippen LogP contribution is 2.27. The minimum Gasteiger partial charge on any atom is -0.477 e. The van der Waals surface area contributed by atoms with Gasteiger partial charge < -0.3 is 9.47 Å². The summed E-state index contributed by atoms with van der Waals surface area (Å²) in [6.07, 6.45) is 0.490. The van der Waals surface area contributed by atoms with Gasteiger partial charge in [-0.1, -0.05) is 18.2 Å². The summed E-state index contributed by atoms with van der Waals surface area (Å²) in [4.78, 5) is 11.0. The van der Waals surface area contributed by atoms with Crippen molar-refractivity contribution < 1.29 is 14.3 Å². The van der Waals surface area contributed by atoms with Crippen molar-refractivity contribution in [3.05, 3.63) is 29.8 Å². The maximum atomic E-state index is 11.0. The Morgan fingerprint density at radius 3 is 3.12 bits per heavy atom. The molecule has 0 N–H and O–H groups in total. The summed E-state index contributed by atoms with van der Waals surface area (Å²) in [5.41, 5.74) is 1.13. The zero-order chi connectivity index (χ0) is 11.4. The molecule has 1 aliphatic heterocycles. The average Bonchev–Trinajstić information content (AvgIpc) is 2.69. The van der Waals surface area contributed by atoms with Crippen molar-refractivity contribution in [3.8, 4) is 17.6 Å². The van der Waals surface area contributed by atoms with E-state index in [2.05, 4.69) is 11.8 Å². The van der Waals surface area contributed by atoms with Gasteiger partial charge in [-0.3, -0.25) is 0 Å². The van der Waals surface area contributed by atoms with Crippen molar-refractivity contribution in [2.75, 3.05) is 6.61 Å². The van der Waals surface area contributed by atoms with Crippen molar-refractivity contribution >= 4 is 5.97 Å². The van der Waals surface area contributed by atoms with Crippen LogP contribution >= 0.6 is 0 Å². The molecule has 0 aliphatic carbocycles. The van der Waals surface area contributed by atoms with Gasteiger partial charge in [-0.2, -0.15) is 0 Å². The fourth-order valence-corrected chi connectivity index (χ4v) is 1.57. The number of carbonyl (C=O) groups is 1. The Hall–Kier alpha value is -1.95.